The summed E-state index contributed by atoms with van der Waals surface area (Å²) in [5.41, 5.74) is 0. The summed E-state index contributed by atoms with van der Waals surface area (Å²) in [5.74, 6) is -0.941. The van der Waals surface area contributed by atoms with E-state index < -0.39 is 22.4 Å². The molecule has 0 radical (unpaired) electrons. The number of rotatable bonds is 6. The van der Waals surface area contributed by atoms with Crippen molar-refractivity contribution in [2.75, 3.05) is 36.2 Å². The van der Waals surface area contributed by atoms with Gasteiger partial charge in [0.25, 0.3) is 0 Å². The average molecular weight is 263 g/mol. The van der Waals surface area contributed by atoms with Crippen LogP contribution in [0.25, 0.3) is 0 Å². The van der Waals surface area contributed by atoms with E-state index in [-0.39, 0.29) is 11.6 Å². The molecule has 1 aromatic heterocycles. The Balaban J connectivity index is 2.61. The Kier molecular flexibility index (Phi) is 5.27. The Morgan fingerprint density at radius 3 is 2.59 bits per heavy atom. The van der Waals surface area contributed by atoms with E-state index in [4.69, 9.17) is 0 Å². The molecule has 0 amide bonds. The highest BCUT2D eigenvalue weighted by Crippen LogP contribution is 2.18. The molecule has 0 fully saturated rings. The van der Waals surface area contributed by atoms with Gasteiger partial charge in [-0.1, -0.05) is 0 Å². The number of halogens is 2. The van der Waals surface area contributed by atoms with Gasteiger partial charge in [-0.15, -0.1) is 0 Å². The number of pyridine rings is 1. The van der Waals surface area contributed by atoms with Crippen molar-refractivity contribution >= 4 is 22.4 Å². The Bertz CT molecular complexity index is 415. The molecular formula is C10H15F2N3OS. The van der Waals surface area contributed by atoms with Crippen LogP contribution in [0.15, 0.2) is 6.07 Å². The van der Waals surface area contributed by atoms with Crippen LogP contribution in [0.2, 0.25) is 0 Å². The van der Waals surface area contributed by atoms with Gasteiger partial charge >= 0.3 is 0 Å². The second kappa shape index (κ2) is 6.48. The summed E-state index contributed by atoms with van der Waals surface area (Å²) in [4.78, 5) is 3.76. The molecule has 2 N–H and O–H groups in total. The third kappa shape index (κ3) is 4.26. The zero-order chi connectivity index (χ0) is 12.8. The van der Waals surface area contributed by atoms with Gasteiger partial charge in [0.2, 0.25) is 0 Å². The highest BCUT2D eigenvalue weighted by molar-refractivity contribution is 7.84. The van der Waals surface area contributed by atoms with Crippen molar-refractivity contribution in [1.29, 1.82) is 0 Å². The molecule has 0 saturated heterocycles. The van der Waals surface area contributed by atoms with Gasteiger partial charge in [0, 0.05) is 42.5 Å². The quantitative estimate of drug-likeness (QED) is 0.765. The zero-order valence-corrected chi connectivity index (χ0v) is 10.5. The van der Waals surface area contributed by atoms with Crippen LogP contribution >= 0.6 is 0 Å². The van der Waals surface area contributed by atoms with Crippen LogP contribution in [0, 0.1) is 11.6 Å². The molecule has 7 heteroatoms. The predicted octanol–water partition coefficient (Wildman–Crippen LogP) is 1.58. The number of nitrogens with zero attached hydrogens (tertiary/aromatic N) is 1. The lowest BCUT2D eigenvalue weighted by Crippen LogP contribution is -2.10. The van der Waals surface area contributed by atoms with Crippen molar-refractivity contribution in [1.82, 2.24) is 4.98 Å². The summed E-state index contributed by atoms with van der Waals surface area (Å²) < 4.78 is 37.2. The van der Waals surface area contributed by atoms with Crippen molar-refractivity contribution in [3.05, 3.63) is 17.7 Å². The highest BCUT2D eigenvalue weighted by Gasteiger charge is 2.10. The molecule has 0 bridgehead atoms. The maximum Gasteiger partial charge on any atom is 0.168 e. The maximum atomic E-state index is 13.3. The van der Waals surface area contributed by atoms with E-state index >= 15 is 0 Å². The van der Waals surface area contributed by atoms with Gasteiger partial charge in [0.05, 0.1) is 0 Å². The number of anilines is 2. The minimum atomic E-state index is -0.865. The summed E-state index contributed by atoms with van der Waals surface area (Å²) in [6.07, 6.45) is 2.24. The van der Waals surface area contributed by atoms with Crippen molar-refractivity contribution in [3.8, 4) is 0 Å². The highest BCUT2D eigenvalue weighted by atomic mass is 32.2. The summed E-state index contributed by atoms with van der Waals surface area (Å²) in [5, 5.41) is 5.27. The standard InChI is InChI=1S/C10H15F2N3OS/c1-13-9-7(11)6-8(12)10(15-9)14-4-3-5-17(2)16/h6H,3-5H2,1-2H3,(H2,13,14,15). The molecule has 0 aliphatic carbocycles. The van der Waals surface area contributed by atoms with Gasteiger partial charge in [0.15, 0.2) is 23.3 Å². The normalized spacial score (nSPS) is 12.2. The van der Waals surface area contributed by atoms with Crippen LogP contribution in [0.1, 0.15) is 6.42 Å². The predicted molar refractivity (Wildman–Crippen MR) is 65.7 cm³/mol. The van der Waals surface area contributed by atoms with Gasteiger partial charge in [-0.2, -0.15) is 0 Å². The molecule has 1 unspecified atom stereocenters. The van der Waals surface area contributed by atoms with E-state index in [1.165, 1.54) is 7.05 Å². The lowest BCUT2D eigenvalue weighted by Gasteiger charge is -2.08. The fraction of sp³-hybridized carbons (Fsp3) is 0.500. The van der Waals surface area contributed by atoms with Gasteiger partial charge in [-0.25, -0.2) is 13.8 Å². The smallest absolute Gasteiger partial charge is 0.168 e. The topological polar surface area (TPSA) is 54.0 Å². The molecule has 1 atom stereocenters. The molecule has 0 aliphatic heterocycles. The SMILES string of the molecule is CNc1nc(NCCCS(C)=O)c(F)cc1F. The van der Waals surface area contributed by atoms with Crippen LogP contribution in [0.4, 0.5) is 20.4 Å². The summed E-state index contributed by atoms with van der Waals surface area (Å²) >= 11 is 0. The molecule has 17 heavy (non-hydrogen) atoms. The number of hydrogen-bond acceptors (Lipinski definition) is 4. The Morgan fingerprint density at radius 2 is 2.00 bits per heavy atom. The molecule has 0 spiro atoms. The molecule has 0 aliphatic rings. The third-order valence-corrected chi connectivity index (χ3v) is 2.93. The molecule has 1 rings (SSSR count). The van der Waals surface area contributed by atoms with Gasteiger partial charge in [-0.3, -0.25) is 4.21 Å². The summed E-state index contributed by atoms with van der Waals surface area (Å²) in [6.45, 7) is 0.443. The first-order valence-corrected chi connectivity index (χ1v) is 6.85. The van der Waals surface area contributed by atoms with Gasteiger partial charge in [-0.05, 0) is 6.42 Å². The Labute approximate surface area is 101 Å². The second-order valence-electron chi connectivity index (χ2n) is 3.46. The van der Waals surface area contributed by atoms with Crippen molar-refractivity contribution in [2.45, 2.75) is 6.42 Å². The van der Waals surface area contributed by atoms with Gasteiger partial charge < -0.3 is 10.6 Å². The van der Waals surface area contributed by atoms with E-state index in [1.807, 2.05) is 0 Å². The van der Waals surface area contributed by atoms with E-state index in [0.29, 0.717) is 18.7 Å². The van der Waals surface area contributed by atoms with Crippen LogP contribution < -0.4 is 10.6 Å². The van der Waals surface area contributed by atoms with E-state index in [1.54, 1.807) is 6.26 Å². The monoisotopic (exact) mass is 263 g/mol. The molecule has 1 aromatic rings. The number of nitrogens with one attached hydrogen (secondary N) is 2. The van der Waals surface area contributed by atoms with Crippen LogP contribution in [0.3, 0.4) is 0 Å². The molecule has 1 heterocycles. The average Bonchev–Trinajstić information content (AvgIpc) is 2.26. The van der Waals surface area contributed by atoms with E-state index in [9.17, 15) is 13.0 Å². The van der Waals surface area contributed by atoms with Crippen LogP contribution in [0.5, 0.6) is 0 Å². The zero-order valence-electron chi connectivity index (χ0n) is 9.72. The van der Waals surface area contributed by atoms with Crippen molar-refractivity contribution in [2.24, 2.45) is 0 Å². The summed E-state index contributed by atoms with van der Waals surface area (Å²) in [7, 11) is 0.642. The minimum absolute atomic E-state index is 0.00219. The first-order valence-electron chi connectivity index (χ1n) is 5.12. The molecule has 0 aromatic carbocycles. The molecule has 96 valence electrons. The van der Waals surface area contributed by atoms with Gasteiger partial charge in [0.1, 0.15) is 0 Å². The van der Waals surface area contributed by atoms with Crippen LogP contribution in [-0.4, -0.2) is 34.8 Å². The lowest BCUT2D eigenvalue weighted by atomic mass is 10.4. The minimum Gasteiger partial charge on any atom is -0.371 e. The van der Waals surface area contributed by atoms with Crippen molar-refractivity contribution in [3.63, 3.8) is 0 Å². The molecule has 0 saturated carbocycles. The van der Waals surface area contributed by atoms with Crippen LogP contribution in [-0.2, 0) is 10.8 Å². The Morgan fingerprint density at radius 1 is 1.35 bits per heavy atom. The number of aromatic nitrogens is 1. The van der Waals surface area contributed by atoms with E-state index in [2.05, 4.69) is 15.6 Å². The Hall–Kier alpha value is -1.24. The van der Waals surface area contributed by atoms with Crippen molar-refractivity contribution < 1.29 is 13.0 Å². The molecule has 4 nitrogen and oxygen atoms in total. The lowest BCUT2D eigenvalue weighted by molar-refractivity contribution is 0.578. The maximum absolute atomic E-state index is 13.3. The fourth-order valence-corrected chi connectivity index (χ4v) is 1.80. The first kappa shape index (κ1) is 13.8. The fourth-order valence-electron chi connectivity index (χ4n) is 1.25. The largest absolute Gasteiger partial charge is 0.371 e. The first-order chi connectivity index (χ1) is 8.04. The summed E-state index contributed by atoms with van der Waals surface area (Å²) in [6, 6.07) is 0.777. The van der Waals surface area contributed by atoms with E-state index in [0.717, 1.165) is 6.07 Å². The second-order valence-corrected chi connectivity index (χ2v) is 5.01. The number of hydrogen-bond donors (Lipinski definition) is 2. The third-order valence-electron chi connectivity index (χ3n) is 2.07. The molecular weight excluding hydrogens is 248 g/mol.